The van der Waals surface area contributed by atoms with Gasteiger partial charge in [0.05, 0.1) is 0 Å². The van der Waals surface area contributed by atoms with Crippen molar-refractivity contribution < 1.29 is 10.2 Å². The highest BCUT2D eigenvalue weighted by Gasteiger charge is 2.21. The standard InChI is InChI=1S/C28H14N4O2/c29-13-17(14-30)9-21-11-19-5-1-3-7-23(19)25(27(21)33)26-24-8-4-2-6-20(24)12-22(28(26)34)10-18(15-31)16-32/h1-12,33-34H. The lowest BCUT2D eigenvalue weighted by atomic mass is 9.88. The quantitative estimate of drug-likeness (QED) is 0.380. The maximum Gasteiger partial charge on any atom is 0.131 e. The Morgan fingerprint density at radius 3 is 1.29 bits per heavy atom. The first-order valence-electron chi connectivity index (χ1n) is 10.1. The lowest BCUT2D eigenvalue weighted by Crippen LogP contribution is -1.92. The SMILES string of the molecule is N#CC(C#N)=Cc1cc2ccccc2c(-c2c(O)c(C=C(C#N)C#N)cc3ccccc23)c1O. The molecule has 6 heteroatoms. The fourth-order valence-electron chi connectivity index (χ4n) is 3.93. The fraction of sp³-hybridized carbons (Fsp3) is 0. The highest BCUT2D eigenvalue weighted by molar-refractivity contribution is 6.12. The number of nitriles is 4. The second-order valence-corrected chi connectivity index (χ2v) is 7.38. The molecule has 0 saturated carbocycles. The zero-order chi connectivity index (χ0) is 24.2. The zero-order valence-electron chi connectivity index (χ0n) is 17.6. The number of allylic oxidation sites excluding steroid dienone is 2. The molecule has 34 heavy (non-hydrogen) atoms. The van der Waals surface area contributed by atoms with Gasteiger partial charge in [-0.1, -0.05) is 48.5 Å². The minimum absolute atomic E-state index is 0.185. The van der Waals surface area contributed by atoms with E-state index in [1.165, 1.54) is 12.2 Å². The fourth-order valence-corrected chi connectivity index (χ4v) is 3.93. The lowest BCUT2D eigenvalue weighted by molar-refractivity contribution is 0.469. The Morgan fingerprint density at radius 1 is 0.588 bits per heavy atom. The molecule has 4 aromatic rings. The summed E-state index contributed by atoms with van der Waals surface area (Å²) in [4.78, 5) is 0. The van der Waals surface area contributed by atoms with E-state index in [2.05, 4.69) is 0 Å². The maximum atomic E-state index is 11.3. The third-order valence-corrected chi connectivity index (χ3v) is 5.43. The van der Waals surface area contributed by atoms with Crippen molar-refractivity contribution in [2.75, 3.05) is 0 Å². The van der Waals surface area contributed by atoms with Gasteiger partial charge in [0.25, 0.3) is 0 Å². The van der Waals surface area contributed by atoms with Crippen LogP contribution in [-0.2, 0) is 0 Å². The zero-order valence-corrected chi connectivity index (χ0v) is 17.6. The molecular formula is C28H14N4O2. The molecule has 0 aliphatic carbocycles. The number of rotatable bonds is 3. The van der Waals surface area contributed by atoms with Crippen molar-refractivity contribution in [1.29, 1.82) is 21.0 Å². The van der Waals surface area contributed by atoms with Crippen molar-refractivity contribution in [3.8, 4) is 46.9 Å². The second kappa shape index (κ2) is 8.89. The van der Waals surface area contributed by atoms with Crippen molar-refractivity contribution in [2.24, 2.45) is 0 Å². The number of hydrogen-bond donors (Lipinski definition) is 2. The van der Waals surface area contributed by atoms with E-state index in [0.717, 1.165) is 10.8 Å². The summed E-state index contributed by atoms with van der Waals surface area (Å²) in [7, 11) is 0. The molecule has 6 nitrogen and oxygen atoms in total. The minimum atomic E-state index is -0.218. The molecule has 0 radical (unpaired) electrons. The summed E-state index contributed by atoms with van der Waals surface area (Å²) in [6, 6.07) is 24.9. The number of aromatic hydroxyl groups is 2. The molecule has 0 atom stereocenters. The van der Waals surface area contributed by atoms with Crippen LogP contribution in [0.2, 0.25) is 0 Å². The van der Waals surface area contributed by atoms with Crippen LogP contribution in [-0.4, -0.2) is 10.2 Å². The van der Waals surface area contributed by atoms with Gasteiger partial charge in [0.2, 0.25) is 0 Å². The summed E-state index contributed by atoms with van der Waals surface area (Å²) in [5.41, 5.74) is 0.722. The van der Waals surface area contributed by atoms with Gasteiger partial charge in [0, 0.05) is 22.3 Å². The number of nitrogens with zero attached hydrogens (tertiary/aromatic N) is 4. The predicted octanol–water partition coefficient (Wildman–Crippen LogP) is 5.93. The molecule has 0 heterocycles. The van der Waals surface area contributed by atoms with Crippen LogP contribution in [0.5, 0.6) is 11.5 Å². The van der Waals surface area contributed by atoms with Gasteiger partial charge in [-0.3, -0.25) is 0 Å². The summed E-state index contributed by atoms with van der Waals surface area (Å²) >= 11 is 0. The lowest BCUT2D eigenvalue weighted by Gasteiger charge is -2.17. The van der Waals surface area contributed by atoms with Crippen LogP contribution in [0.25, 0.3) is 44.8 Å². The summed E-state index contributed by atoms with van der Waals surface area (Å²) in [5, 5.41) is 62.2. The molecule has 0 fully saturated rings. The first kappa shape index (κ1) is 21.7. The van der Waals surface area contributed by atoms with Crippen molar-refractivity contribution in [2.45, 2.75) is 0 Å². The van der Waals surface area contributed by atoms with Crippen LogP contribution in [0.1, 0.15) is 11.1 Å². The third kappa shape index (κ3) is 3.65. The van der Waals surface area contributed by atoms with Gasteiger partial charge in [-0.05, 0) is 45.8 Å². The van der Waals surface area contributed by atoms with E-state index < -0.39 is 0 Å². The molecule has 2 N–H and O–H groups in total. The molecule has 4 rings (SSSR count). The molecule has 0 saturated heterocycles. The molecule has 0 amide bonds. The number of phenolic OH excluding ortho intramolecular Hbond substituents is 2. The average Bonchev–Trinajstić information content (AvgIpc) is 2.87. The first-order valence-corrected chi connectivity index (χ1v) is 10.1. The highest BCUT2D eigenvalue weighted by Crippen LogP contribution is 2.48. The number of benzene rings is 4. The summed E-state index contributed by atoms with van der Waals surface area (Å²) < 4.78 is 0. The van der Waals surface area contributed by atoms with Gasteiger partial charge in [-0.15, -0.1) is 0 Å². The van der Waals surface area contributed by atoms with Crippen LogP contribution >= 0.6 is 0 Å². The molecule has 0 aliphatic rings. The van der Waals surface area contributed by atoms with Gasteiger partial charge in [0.1, 0.15) is 46.9 Å². The predicted molar refractivity (Wildman–Crippen MR) is 129 cm³/mol. The van der Waals surface area contributed by atoms with Gasteiger partial charge in [-0.25, -0.2) is 0 Å². The molecule has 0 bridgehead atoms. The van der Waals surface area contributed by atoms with Crippen LogP contribution in [0.15, 0.2) is 71.8 Å². The molecule has 0 aliphatic heterocycles. The van der Waals surface area contributed by atoms with Gasteiger partial charge >= 0.3 is 0 Å². The topological polar surface area (TPSA) is 136 Å². The minimum Gasteiger partial charge on any atom is -0.507 e. The number of fused-ring (bicyclic) bond motifs is 2. The van der Waals surface area contributed by atoms with Crippen molar-refractivity contribution in [1.82, 2.24) is 0 Å². The molecule has 158 valence electrons. The van der Waals surface area contributed by atoms with E-state index in [1.54, 1.807) is 60.7 Å². The Kier molecular flexibility index (Phi) is 5.67. The van der Waals surface area contributed by atoms with Gasteiger partial charge < -0.3 is 10.2 Å². The summed E-state index contributed by atoms with van der Waals surface area (Å²) in [6.07, 6.45) is 2.58. The van der Waals surface area contributed by atoms with Gasteiger partial charge in [0.15, 0.2) is 0 Å². The normalized spacial score (nSPS) is 9.88. The maximum absolute atomic E-state index is 11.3. The molecule has 0 spiro atoms. The van der Waals surface area contributed by atoms with Crippen LogP contribution in [0, 0.1) is 45.3 Å². The Labute approximate surface area is 195 Å². The Morgan fingerprint density at radius 2 is 0.941 bits per heavy atom. The van der Waals surface area contributed by atoms with E-state index in [1.807, 2.05) is 24.3 Å². The molecule has 0 aromatic heterocycles. The van der Waals surface area contributed by atoms with Crippen molar-refractivity contribution >= 4 is 33.7 Å². The molecule has 0 unspecified atom stereocenters. The van der Waals surface area contributed by atoms with E-state index in [0.29, 0.717) is 21.9 Å². The highest BCUT2D eigenvalue weighted by atomic mass is 16.3. The van der Waals surface area contributed by atoms with Crippen LogP contribution in [0.4, 0.5) is 0 Å². The summed E-state index contributed by atoms with van der Waals surface area (Å²) in [6.45, 7) is 0. The Balaban J connectivity index is 2.22. The summed E-state index contributed by atoms with van der Waals surface area (Å²) in [5.74, 6) is -0.437. The van der Waals surface area contributed by atoms with Crippen molar-refractivity contribution in [3.05, 3.63) is 82.9 Å². The van der Waals surface area contributed by atoms with Gasteiger partial charge in [-0.2, -0.15) is 21.0 Å². The van der Waals surface area contributed by atoms with Crippen molar-refractivity contribution in [3.63, 3.8) is 0 Å². The van der Waals surface area contributed by atoms with E-state index in [-0.39, 0.29) is 33.8 Å². The van der Waals surface area contributed by atoms with Crippen LogP contribution < -0.4 is 0 Å². The molecular weight excluding hydrogens is 424 g/mol. The Bertz CT molecular complexity index is 1560. The average molecular weight is 438 g/mol. The number of phenols is 2. The number of hydrogen-bond acceptors (Lipinski definition) is 6. The monoisotopic (exact) mass is 438 g/mol. The van der Waals surface area contributed by atoms with Crippen LogP contribution in [0.3, 0.4) is 0 Å². The second-order valence-electron chi connectivity index (χ2n) is 7.38. The molecule has 4 aromatic carbocycles. The van der Waals surface area contributed by atoms with E-state index >= 15 is 0 Å². The first-order chi connectivity index (χ1) is 16.5. The van der Waals surface area contributed by atoms with E-state index in [4.69, 9.17) is 0 Å². The third-order valence-electron chi connectivity index (χ3n) is 5.43. The van der Waals surface area contributed by atoms with E-state index in [9.17, 15) is 31.3 Å². The largest absolute Gasteiger partial charge is 0.507 e. The smallest absolute Gasteiger partial charge is 0.131 e. The Hall–Kier alpha value is -5.56.